The molecule has 25 heavy (non-hydrogen) atoms. The Hall–Kier alpha value is -2.38. The summed E-state index contributed by atoms with van der Waals surface area (Å²) in [6, 6.07) is 13.7. The molecule has 0 saturated carbocycles. The van der Waals surface area contributed by atoms with E-state index in [1.807, 2.05) is 37.3 Å². The number of amides is 1. The standard InChI is InChI=1S/C18H21BFNO4/c1-13-7-8-15(20)16(11-13)25-10-9-18(22)21-17(19(23)24)12-14-5-3-2-4-6-14/h2-8,11,17,23-24H,9-10,12H2,1H3,(H,21,22)/t17-/m0/s1. The highest BCUT2D eigenvalue weighted by Gasteiger charge is 2.25. The van der Waals surface area contributed by atoms with Crippen LogP contribution in [0.25, 0.3) is 0 Å². The molecule has 2 rings (SSSR count). The van der Waals surface area contributed by atoms with Gasteiger partial charge in [-0.15, -0.1) is 0 Å². The second-order valence-corrected chi connectivity index (χ2v) is 5.81. The fourth-order valence-corrected chi connectivity index (χ4v) is 2.35. The Morgan fingerprint density at radius 3 is 2.64 bits per heavy atom. The van der Waals surface area contributed by atoms with E-state index < -0.39 is 24.8 Å². The van der Waals surface area contributed by atoms with Gasteiger partial charge in [0.25, 0.3) is 0 Å². The number of nitrogens with one attached hydrogen (secondary N) is 1. The summed E-state index contributed by atoms with van der Waals surface area (Å²) in [7, 11) is -1.68. The molecule has 3 N–H and O–H groups in total. The average Bonchev–Trinajstić information content (AvgIpc) is 2.58. The third-order valence-electron chi connectivity index (χ3n) is 3.68. The van der Waals surface area contributed by atoms with Crippen LogP contribution in [0.2, 0.25) is 0 Å². The van der Waals surface area contributed by atoms with E-state index in [1.165, 1.54) is 6.07 Å². The van der Waals surface area contributed by atoms with Gasteiger partial charge < -0.3 is 20.1 Å². The zero-order chi connectivity index (χ0) is 18.2. The highest BCUT2D eigenvalue weighted by Crippen LogP contribution is 2.18. The zero-order valence-electron chi connectivity index (χ0n) is 14.0. The molecule has 0 aliphatic heterocycles. The van der Waals surface area contributed by atoms with Crippen molar-refractivity contribution in [2.24, 2.45) is 0 Å². The first-order valence-electron chi connectivity index (χ1n) is 8.04. The van der Waals surface area contributed by atoms with Gasteiger partial charge in [-0.05, 0) is 36.6 Å². The van der Waals surface area contributed by atoms with E-state index in [0.29, 0.717) is 0 Å². The molecule has 0 heterocycles. The van der Waals surface area contributed by atoms with E-state index in [1.54, 1.807) is 12.1 Å². The van der Waals surface area contributed by atoms with Crippen LogP contribution >= 0.6 is 0 Å². The van der Waals surface area contributed by atoms with Crippen LogP contribution in [0.15, 0.2) is 48.5 Å². The number of carbonyl (C=O) groups excluding carboxylic acids is 1. The van der Waals surface area contributed by atoms with E-state index in [0.717, 1.165) is 11.1 Å². The topological polar surface area (TPSA) is 78.8 Å². The van der Waals surface area contributed by atoms with Gasteiger partial charge in [0.05, 0.1) is 19.0 Å². The monoisotopic (exact) mass is 345 g/mol. The maximum Gasteiger partial charge on any atom is 0.475 e. The van der Waals surface area contributed by atoms with Gasteiger partial charge in [0.1, 0.15) is 0 Å². The smallest absolute Gasteiger partial charge is 0.475 e. The Kier molecular flexibility index (Phi) is 6.97. The van der Waals surface area contributed by atoms with Crippen molar-refractivity contribution in [2.75, 3.05) is 6.61 Å². The largest absolute Gasteiger partial charge is 0.490 e. The summed E-state index contributed by atoms with van der Waals surface area (Å²) < 4.78 is 18.8. The lowest BCUT2D eigenvalue weighted by molar-refractivity contribution is -0.122. The molecule has 132 valence electrons. The summed E-state index contributed by atoms with van der Waals surface area (Å²) in [5, 5.41) is 21.5. The van der Waals surface area contributed by atoms with Gasteiger partial charge in [-0.1, -0.05) is 36.4 Å². The van der Waals surface area contributed by atoms with Crippen LogP contribution in [0.4, 0.5) is 4.39 Å². The summed E-state index contributed by atoms with van der Waals surface area (Å²) in [6.45, 7) is 1.81. The van der Waals surface area contributed by atoms with E-state index in [4.69, 9.17) is 4.74 Å². The minimum atomic E-state index is -1.68. The molecule has 0 radical (unpaired) electrons. The maximum absolute atomic E-state index is 13.6. The number of benzene rings is 2. The fraction of sp³-hybridized carbons (Fsp3) is 0.278. The van der Waals surface area contributed by atoms with Crippen molar-refractivity contribution in [3.05, 3.63) is 65.5 Å². The first kappa shape index (κ1) is 19.0. The van der Waals surface area contributed by atoms with Crippen LogP contribution in [0, 0.1) is 12.7 Å². The second kappa shape index (κ2) is 9.20. The average molecular weight is 345 g/mol. The molecule has 0 spiro atoms. The number of ether oxygens (including phenoxy) is 1. The van der Waals surface area contributed by atoms with Gasteiger partial charge >= 0.3 is 7.12 Å². The molecule has 0 fully saturated rings. The lowest BCUT2D eigenvalue weighted by Crippen LogP contribution is -2.48. The normalized spacial score (nSPS) is 11.7. The summed E-state index contributed by atoms with van der Waals surface area (Å²) in [6.07, 6.45) is 0.267. The van der Waals surface area contributed by atoms with Crippen LogP contribution in [-0.4, -0.2) is 35.6 Å². The predicted molar refractivity (Wildman–Crippen MR) is 93.5 cm³/mol. The molecule has 5 nitrogen and oxygen atoms in total. The van der Waals surface area contributed by atoms with Crippen molar-refractivity contribution in [1.82, 2.24) is 5.32 Å². The number of carbonyl (C=O) groups is 1. The maximum atomic E-state index is 13.6. The van der Waals surface area contributed by atoms with Crippen molar-refractivity contribution in [2.45, 2.75) is 25.7 Å². The number of rotatable bonds is 8. The molecule has 0 aliphatic rings. The minimum absolute atomic E-state index is 0.00815. The number of halogens is 1. The molecule has 0 aromatic heterocycles. The molecule has 7 heteroatoms. The molecular weight excluding hydrogens is 324 g/mol. The fourth-order valence-electron chi connectivity index (χ4n) is 2.35. The molecular formula is C18H21BFNO4. The van der Waals surface area contributed by atoms with Crippen LogP contribution < -0.4 is 10.1 Å². The van der Waals surface area contributed by atoms with Crippen molar-refractivity contribution in [3.8, 4) is 5.75 Å². The molecule has 0 unspecified atom stereocenters. The van der Waals surface area contributed by atoms with E-state index in [-0.39, 0.29) is 25.2 Å². The van der Waals surface area contributed by atoms with Gasteiger partial charge in [-0.25, -0.2) is 4.39 Å². The van der Waals surface area contributed by atoms with Crippen molar-refractivity contribution in [3.63, 3.8) is 0 Å². The van der Waals surface area contributed by atoms with Gasteiger partial charge in [-0.3, -0.25) is 4.79 Å². The number of hydrogen-bond donors (Lipinski definition) is 3. The third kappa shape index (κ3) is 6.21. The number of hydrogen-bond acceptors (Lipinski definition) is 4. The Morgan fingerprint density at radius 1 is 1.24 bits per heavy atom. The van der Waals surface area contributed by atoms with Crippen LogP contribution in [0.5, 0.6) is 5.75 Å². The lowest BCUT2D eigenvalue weighted by Gasteiger charge is -2.18. The summed E-state index contributed by atoms with van der Waals surface area (Å²) in [5.74, 6) is -1.62. The Morgan fingerprint density at radius 2 is 1.96 bits per heavy atom. The summed E-state index contributed by atoms with van der Waals surface area (Å²) in [4.78, 5) is 12.0. The Labute approximate surface area is 146 Å². The predicted octanol–water partition coefficient (Wildman–Crippen LogP) is 1.64. The summed E-state index contributed by atoms with van der Waals surface area (Å²) >= 11 is 0. The van der Waals surface area contributed by atoms with Crippen molar-refractivity contribution < 1.29 is 24.0 Å². The Bertz CT molecular complexity index is 697. The van der Waals surface area contributed by atoms with Gasteiger partial charge in [-0.2, -0.15) is 0 Å². The molecule has 0 bridgehead atoms. The Balaban J connectivity index is 1.83. The van der Waals surface area contributed by atoms with Gasteiger partial charge in [0, 0.05) is 0 Å². The van der Waals surface area contributed by atoms with Crippen LogP contribution in [0.1, 0.15) is 17.5 Å². The van der Waals surface area contributed by atoms with E-state index in [2.05, 4.69) is 5.32 Å². The van der Waals surface area contributed by atoms with E-state index in [9.17, 15) is 19.2 Å². The van der Waals surface area contributed by atoms with Gasteiger partial charge in [0.2, 0.25) is 5.91 Å². The lowest BCUT2D eigenvalue weighted by atomic mass is 9.76. The quantitative estimate of drug-likeness (QED) is 0.636. The highest BCUT2D eigenvalue weighted by molar-refractivity contribution is 6.43. The molecule has 2 aromatic rings. The first-order chi connectivity index (χ1) is 12.0. The minimum Gasteiger partial charge on any atom is -0.490 e. The summed E-state index contributed by atoms with van der Waals surface area (Å²) in [5.41, 5.74) is 1.73. The number of aryl methyl sites for hydroxylation is 1. The second-order valence-electron chi connectivity index (χ2n) is 5.81. The molecule has 1 amide bonds. The first-order valence-corrected chi connectivity index (χ1v) is 8.04. The van der Waals surface area contributed by atoms with Crippen molar-refractivity contribution in [1.29, 1.82) is 0 Å². The van der Waals surface area contributed by atoms with E-state index >= 15 is 0 Å². The van der Waals surface area contributed by atoms with Crippen LogP contribution in [0.3, 0.4) is 0 Å². The zero-order valence-corrected chi connectivity index (χ0v) is 14.0. The van der Waals surface area contributed by atoms with Crippen LogP contribution in [-0.2, 0) is 11.2 Å². The van der Waals surface area contributed by atoms with Crippen molar-refractivity contribution >= 4 is 13.0 Å². The third-order valence-corrected chi connectivity index (χ3v) is 3.68. The SMILES string of the molecule is Cc1ccc(F)c(OCCC(=O)N[C@@H](Cc2ccccc2)B(O)O)c1. The molecule has 0 saturated heterocycles. The molecule has 1 atom stereocenters. The molecule has 0 aliphatic carbocycles. The van der Waals surface area contributed by atoms with Gasteiger partial charge in [0.15, 0.2) is 11.6 Å². The highest BCUT2D eigenvalue weighted by atomic mass is 19.1. The molecule has 2 aromatic carbocycles.